The van der Waals surface area contributed by atoms with Gasteiger partial charge in [-0.2, -0.15) is 17.0 Å². The Hall–Kier alpha value is -0.170. The summed E-state index contributed by atoms with van der Waals surface area (Å²) in [6.07, 6.45) is 4.13. The van der Waals surface area contributed by atoms with E-state index in [2.05, 4.69) is 12.2 Å². The van der Waals surface area contributed by atoms with Crippen LogP contribution in [0.25, 0.3) is 0 Å². The zero-order valence-electron chi connectivity index (χ0n) is 12.1. The van der Waals surface area contributed by atoms with Crippen molar-refractivity contribution < 1.29 is 8.42 Å². The molecule has 0 aromatic rings. The molecule has 2 aliphatic rings. The van der Waals surface area contributed by atoms with Gasteiger partial charge in [0.25, 0.3) is 10.2 Å². The Bertz CT molecular complexity index is 371. The van der Waals surface area contributed by atoms with Crippen molar-refractivity contribution in [1.29, 1.82) is 0 Å². The largest absolute Gasteiger partial charge is 0.317 e. The zero-order chi connectivity index (χ0) is 13.9. The molecule has 0 bridgehead atoms. The van der Waals surface area contributed by atoms with Crippen LogP contribution in [0.2, 0.25) is 0 Å². The summed E-state index contributed by atoms with van der Waals surface area (Å²) in [6.45, 7) is 6.25. The molecule has 2 aliphatic heterocycles. The lowest BCUT2D eigenvalue weighted by Crippen LogP contribution is -2.47. The first-order chi connectivity index (χ1) is 9.00. The van der Waals surface area contributed by atoms with Crippen LogP contribution in [0.4, 0.5) is 0 Å². The summed E-state index contributed by atoms with van der Waals surface area (Å²) >= 11 is 0. The first kappa shape index (κ1) is 15.2. The predicted molar refractivity (Wildman–Crippen MR) is 77.1 cm³/mol. The van der Waals surface area contributed by atoms with Gasteiger partial charge in [-0.05, 0) is 50.6 Å². The lowest BCUT2D eigenvalue weighted by Gasteiger charge is -2.34. The van der Waals surface area contributed by atoms with Crippen molar-refractivity contribution in [3.8, 4) is 0 Å². The fourth-order valence-corrected chi connectivity index (χ4v) is 4.40. The van der Waals surface area contributed by atoms with E-state index in [-0.39, 0.29) is 0 Å². The minimum absolute atomic E-state index is 0.504. The summed E-state index contributed by atoms with van der Waals surface area (Å²) in [5.41, 5.74) is 0. The summed E-state index contributed by atoms with van der Waals surface area (Å²) < 4.78 is 28.2. The zero-order valence-corrected chi connectivity index (χ0v) is 13.0. The highest BCUT2D eigenvalue weighted by Crippen LogP contribution is 2.21. The maximum Gasteiger partial charge on any atom is 0.281 e. The van der Waals surface area contributed by atoms with Gasteiger partial charge in [0.05, 0.1) is 0 Å². The lowest BCUT2D eigenvalue weighted by atomic mass is 9.98. The Morgan fingerprint density at radius 1 is 1.16 bits per heavy atom. The van der Waals surface area contributed by atoms with E-state index in [0.717, 1.165) is 38.8 Å². The van der Waals surface area contributed by atoms with Gasteiger partial charge in [0.15, 0.2) is 0 Å². The highest BCUT2D eigenvalue weighted by molar-refractivity contribution is 7.86. The molecule has 2 fully saturated rings. The smallest absolute Gasteiger partial charge is 0.281 e. The van der Waals surface area contributed by atoms with Gasteiger partial charge in [-0.1, -0.05) is 6.92 Å². The summed E-state index contributed by atoms with van der Waals surface area (Å²) in [6, 6.07) is 0. The van der Waals surface area contributed by atoms with E-state index in [1.165, 1.54) is 0 Å². The van der Waals surface area contributed by atoms with Crippen LogP contribution < -0.4 is 5.32 Å². The van der Waals surface area contributed by atoms with Gasteiger partial charge in [0, 0.05) is 26.7 Å². The van der Waals surface area contributed by atoms with Crippen LogP contribution in [0.1, 0.15) is 32.6 Å². The Morgan fingerprint density at radius 2 is 1.74 bits per heavy atom. The summed E-state index contributed by atoms with van der Waals surface area (Å²) in [5, 5.41) is 3.32. The van der Waals surface area contributed by atoms with E-state index >= 15 is 0 Å². The van der Waals surface area contributed by atoms with Crippen molar-refractivity contribution in [2.24, 2.45) is 11.8 Å². The third-order valence-electron chi connectivity index (χ3n) is 4.44. The lowest BCUT2D eigenvalue weighted by molar-refractivity contribution is 0.255. The number of hydrogen-bond donors (Lipinski definition) is 1. The van der Waals surface area contributed by atoms with Gasteiger partial charge < -0.3 is 5.32 Å². The molecule has 0 aliphatic carbocycles. The normalized spacial score (nSPS) is 25.0. The number of nitrogens with zero attached hydrogens (tertiary/aromatic N) is 2. The van der Waals surface area contributed by atoms with Crippen LogP contribution >= 0.6 is 0 Å². The van der Waals surface area contributed by atoms with Crippen molar-refractivity contribution in [3.63, 3.8) is 0 Å². The molecule has 0 amide bonds. The Labute approximate surface area is 117 Å². The molecular weight excluding hydrogens is 262 g/mol. The van der Waals surface area contributed by atoms with Gasteiger partial charge in [-0.3, -0.25) is 0 Å². The van der Waals surface area contributed by atoms with Gasteiger partial charge in [0.2, 0.25) is 0 Å². The Morgan fingerprint density at radius 3 is 2.32 bits per heavy atom. The average Bonchev–Trinajstić information content (AvgIpc) is 2.40. The standard InChI is InChI=1S/C13H27N3O2S/c1-12-5-9-16(10-6-12)19(17,18)15(2)11-13-3-7-14-8-4-13/h12-14H,3-11H2,1-2H3. The van der Waals surface area contributed by atoms with Crippen molar-refractivity contribution in [2.45, 2.75) is 32.6 Å². The maximum absolute atomic E-state index is 12.5. The third kappa shape index (κ3) is 3.90. The molecule has 0 saturated carbocycles. The second kappa shape index (κ2) is 6.52. The van der Waals surface area contributed by atoms with Crippen molar-refractivity contribution in [1.82, 2.24) is 13.9 Å². The predicted octanol–water partition coefficient (Wildman–Crippen LogP) is 0.895. The summed E-state index contributed by atoms with van der Waals surface area (Å²) in [7, 11) is -1.51. The van der Waals surface area contributed by atoms with Gasteiger partial charge in [-0.25, -0.2) is 0 Å². The van der Waals surface area contributed by atoms with E-state index in [1.807, 2.05) is 0 Å². The Balaban J connectivity index is 1.90. The average molecular weight is 289 g/mol. The van der Waals surface area contributed by atoms with Crippen molar-refractivity contribution in [2.75, 3.05) is 39.8 Å². The first-order valence-electron chi connectivity index (χ1n) is 7.42. The van der Waals surface area contributed by atoms with Crippen molar-refractivity contribution >= 4 is 10.2 Å². The van der Waals surface area contributed by atoms with Crippen LogP contribution in [-0.4, -0.2) is 56.8 Å². The quantitative estimate of drug-likeness (QED) is 0.836. The molecule has 0 unspecified atom stereocenters. The molecule has 6 heteroatoms. The fraction of sp³-hybridized carbons (Fsp3) is 1.00. The summed E-state index contributed by atoms with van der Waals surface area (Å²) in [4.78, 5) is 0. The minimum Gasteiger partial charge on any atom is -0.317 e. The highest BCUT2D eigenvalue weighted by Gasteiger charge is 2.31. The second-order valence-corrected chi connectivity index (χ2v) is 8.10. The second-order valence-electron chi connectivity index (χ2n) is 6.06. The van der Waals surface area contributed by atoms with E-state index in [4.69, 9.17) is 0 Å². The van der Waals surface area contributed by atoms with Crippen LogP contribution in [0, 0.1) is 11.8 Å². The minimum atomic E-state index is -3.24. The van der Waals surface area contributed by atoms with E-state index < -0.39 is 10.2 Å². The molecule has 0 atom stereocenters. The molecule has 0 aromatic carbocycles. The summed E-state index contributed by atoms with van der Waals surface area (Å²) in [5.74, 6) is 1.16. The van der Waals surface area contributed by atoms with Crippen LogP contribution in [-0.2, 0) is 10.2 Å². The monoisotopic (exact) mass is 289 g/mol. The molecule has 0 aromatic heterocycles. The third-order valence-corrected chi connectivity index (χ3v) is 6.39. The fourth-order valence-electron chi connectivity index (χ4n) is 2.93. The number of rotatable bonds is 4. The van der Waals surface area contributed by atoms with Gasteiger partial charge in [-0.15, -0.1) is 0 Å². The molecular formula is C13H27N3O2S. The molecule has 2 saturated heterocycles. The molecule has 1 N–H and O–H groups in total. The molecule has 2 rings (SSSR count). The van der Waals surface area contributed by atoms with E-state index in [1.54, 1.807) is 15.7 Å². The topological polar surface area (TPSA) is 52.7 Å². The SMILES string of the molecule is CC1CCN(S(=O)(=O)N(C)CC2CCNCC2)CC1. The molecule has 0 spiro atoms. The first-order valence-corrected chi connectivity index (χ1v) is 8.82. The molecule has 0 radical (unpaired) electrons. The number of piperidine rings is 2. The van der Waals surface area contributed by atoms with Gasteiger partial charge >= 0.3 is 0 Å². The van der Waals surface area contributed by atoms with Gasteiger partial charge in [0.1, 0.15) is 0 Å². The molecule has 19 heavy (non-hydrogen) atoms. The number of hydrogen-bond acceptors (Lipinski definition) is 3. The highest BCUT2D eigenvalue weighted by atomic mass is 32.2. The van der Waals surface area contributed by atoms with Crippen LogP contribution in [0.5, 0.6) is 0 Å². The van der Waals surface area contributed by atoms with E-state index in [9.17, 15) is 8.42 Å². The van der Waals surface area contributed by atoms with Crippen LogP contribution in [0.3, 0.4) is 0 Å². The molecule has 5 nitrogen and oxygen atoms in total. The van der Waals surface area contributed by atoms with E-state index in [0.29, 0.717) is 31.5 Å². The molecule has 112 valence electrons. The van der Waals surface area contributed by atoms with Crippen LogP contribution in [0.15, 0.2) is 0 Å². The Kier molecular flexibility index (Phi) is 5.22. The van der Waals surface area contributed by atoms with Crippen molar-refractivity contribution in [3.05, 3.63) is 0 Å². The number of nitrogens with one attached hydrogen (secondary N) is 1. The maximum atomic E-state index is 12.5. The molecule has 2 heterocycles.